The normalized spacial score (nSPS) is 11.4. The summed E-state index contributed by atoms with van der Waals surface area (Å²) in [4.78, 5) is 10.3. The first kappa shape index (κ1) is 13.3. The summed E-state index contributed by atoms with van der Waals surface area (Å²) in [5, 5.41) is 12.6. The van der Waals surface area contributed by atoms with Gasteiger partial charge in [0, 0.05) is 11.1 Å². The summed E-state index contributed by atoms with van der Waals surface area (Å²) in [6.07, 6.45) is 0. The second-order valence-electron chi connectivity index (χ2n) is 3.91. The minimum atomic E-state index is -4.29. The third kappa shape index (κ3) is 3.01. The van der Waals surface area contributed by atoms with Crippen molar-refractivity contribution in [2.24, 2.45) is 0 Å². The minimum Gasteiger partial charge on any atom is -0.480 e. The first-order chi connectivity index (χ1) is 8.88. The molecular weight excluding hydrogens is 270 g/mol. The highest BCUT2D eigenvalue weighted by atomic mass is 32.2. The number of aliphatic carboxylic acids is 1. The van der Waals surface area contributed by atoms with Gasteiger partial charge in [-0.1, -0.05) is 18.2 Å². The first-order valence-electron chi connectivity index (χ1n) is 5.34. The van der Waals surface area contributed by atoms with Gasteiger partial charge in [0.2, 0.25) is 0 Å². The van der Waals surface area contributed by atoms with Crippen LogP contribution in [0, 0.1) is 0 Å². The SMILES string of the molecule is O=C(O)CNc1cccc2ccc(S(=O)(=O)O)cc12. The molecule has 19 heavy (non-hydrogen) atoms. The van der Waals surface area contributed by atoms with Crippen LogP contribution < -0.4 is 5.32 Å². The number of carboxylic acids is 1. The summed E-state index contributed by atoms with van der Waals surface area (Å²) in [5.41, 5.74) is 0.491. The molecule has 100 valence electrons. The Morgan fingerprint density at radius 1 is 1.21 bits per heavy atom. The third-order valence-corrected chi connectivity index (χ3v) is 3.43. The molecule has 3 N–H and O–H groups in total. The van der Waals surface area contributed by atoms with Crippen LogP contribution in [0.25, 0.3) is 10.8 Å². The Bertz CT molecular complexity index is 739. The highest BCUT2D eigenvalue weighted by Crippen LogP contribution is 2.26. The Morgan fingerprint density at radius 2 is 1.95 bits per heavy atom. The van der Waals surface area contributed by atoms with Crippen LogP contribution in [-0.4, -0.2) is 30.6 Å². The Labute approximate surface area is 109 Å². The van der Waals surface area contributed by atoms with Crippen molar-refractivity contribution < 1.29 is 22.9 Å². The standard InChI is InChI=1S/C12H11NO5S/c14-12(15)7-13-11-3-1-2-8-4-5-9(6-10(8)11)19(16,17)18/h1-6,13H,7H2,(H,14,15)(H,16,17,18). The lowest BCUT2D eigenvalue weighted by molar-refractivity contribution is -0.134. The van der Waals surface area contributed by atoms with E-state index in [4.69, 9.17) is 9.66 Å². The van der Waals surface area contributed by atoms with Gasteiger partial charge in [0.25, 0.3) is 10.1 Å². The molecule has 7 heteroatoms. The van der Waals surface area contributed by atoms with E-state index in [0.29, 0.717) is 11.1 Å². The maximum absolute atomic E-state index is 11.1. The van der Waals surface area contributed by atoms with Gasteiger partial charge < -0.3 is 10.4 Å². The second-order valence-corrected chi connectivity index (χ2v) is 5.33. The van der Waals surface area contributed by atoms with E-state index >= 15 is 0 Å². The number of hydrogen-bond acceptors (Lipinski definition) is 4. The Balaban J connectivity index is 2.55. The average molecular weight is 281 g/mol. The highest BCUT2D eigenvalue weighted by molar-refractivity contribution is 7.85. The molecule has 6 nitrogen and oxygen atoms in total. The Hall–Kier alpha value is -2.12. The average Bonchev–Trinajstić information content (AvgIpc) is 2.34. The van der Waals surface area contributed by atoms with E-state index in [1.165, 1.54) is 12.1 Å². The van der Waals surface area contributed by atoms with Crippen molar-refractivity contribution in [2.75, 3.05) is 11.9 Å². The fourth-order valence-corrected chi connectivity index (χ4v) is 2.24. The molecule has 0 saturated heterocycles. The van der Waals surface area contributed by atoms with Gasteiger partial charge in [-0.15, -0.1) is 0 Å². The van der Waals surface area contributed by atoms with Gasteiger partial charge in [0.15, 0.2) is 0 Å². The van der Waals surface area contributed by atoms with Crippen molar-refractivity contribution in [3.63, 3.8) is 0 Å². The third-order valence-electron chi connectivity index (χ3n) is 2.58. The lowest BCUT2D eigenvalue weighted by Gasteiger charge is -2.08. The van der Waals surface area contributed by atoms with E-state index in [1.54, 1.807) is 24.3 Å². The summed E-state index contributed by atoms with van der Waals surface area (Å²) >= 11 is 0. The Kier molecular flexibility index (Phi) is 3.41. The molecule has 0 bridgehead atoms. The summed E-state index contributed by atoms with van der Waals surface area (Å²) < 4.78 is 31.2. The van der Waals surface area contributed by atoms with Crippen LogP contribution >= 0.6 is 0 Å². The van der Waals surface area contributed by atoms with E-state index in [9.17, 15) is 13.2 Å². The van der Waals surface area contributed by atoms with E-state index in [0.717, 1.165) is 5.39 Å². The van der Waals surface area contributed by atoms with Crippen molar-refractivity contribution in [1.82, 2.24) is 0 Å². The monoisotopic (exact) mass is 281 g/mol. The van der Waals surface area contributed by atoms with Gasteiger partial charge in [-0.2, -0.15) is 8.42 Å². The quantitative estimate of drug-likeness (QED) is 0.735. The maximum Gasteiger partial charge on any atom is 0.322 e. The molecular formula is C12H11NO5S. The van der Waals surface area contributed by atoms with Crippen molar-refractivity contribution in [3.8, 4) is 0 Å². The molecule has 2 aromatic rings. The zero-order chi connectivity index (χ0) is 14.0. The zero-order valence-corrected chi connectivity index (χ0v) is 10.5. The molecule has 0 amide bonds. The molecule has 0 saturated carbocycles. The number of nitrogens with one attached hydrogen (secondary N) is 1. The van der Waals surface area contributed by atoms with Crippen molar-refractivity contribution >= 4 is 32.5 Å². The van der Waals surface area contributed by atoms with Crippen molar-refractivity contribution in [3.05, 3.63) is 36.4 Å². The maximum atomic E-state index is 11.1. The number of anilines is 1. The van der Waals surface area contributed by atoms with Crippen LogP contribution in [0.1, 0.15) is 0 Å². The van der Waals surface area contributed by atoms with Crippen LogP contribution in [0.3, 0.4) is 0 Å². The number of benzene rings is 2. The Morgan fingerprint density at radius 3 is 2.58 bits per heavy atom. The number of hydrogen-bond donors (Lipinski definition) is 3. The van der Waals surface area contributed by atoms with Gasteiger partial charge in [0.1, 0.15) is 6.54 Å². The molecule has 0 heterocycles. The van der Waals surface area contributed by atoms with Gasteiger partial charge >= 0.3 is 5.97 Å². The predicted octanol–water partition coefficient (Wildman–Crippen LogP) is 1.58. The van der Waals surface area contributed by atoms with Gasteiger partial charge in [0.05, 0.1) is 4.90 Å². The number of carbonyl (C=O) groups is 1. The minimum absolute atomic E-state index is 0.232. The molecule has 2 aromatic carbocycles. The van der Waals surface area contributed by atoms with Crippen molar-refractivity contribution in [1.29, 1.82) is 0 Å². The summed E-state index contributed by atoms with van der Waals surface area (Å²) in [5.74, 6) is -1.03. The number of carboxylic acid groups (broad SMARTS) is 1. The largest absolute Gasteiger partial charge is 0.480 e. The topological polar surface area (TPSA) is 104 Å². The molecule has 0 unspecified atom stereocenters. The van der Waals surface area contributed by atoms with Crippen LogP contribution in [0.5, 0.6) is 0 Å². The van der Waals surface area contributed by atoms with E-state index in [2.05, 4.69) is 5.32 Å². The molecule has 2 rings (SSSR count). The number of fused-ring (bicyclic) bond motifs is 1. The van der Waals surface area contributed by atoms with Crippen LogP contribution in [0.15, 0.2) is 41.3 Å². The van der Waals surface area contributed by atoms with E-state index in [1.807, 2.05) is 0 Å². The summed E-state index contributed by atoms with van der Waals surface area (Å²) in [7, 11) is -4.29. The highest BCUT2D eigenvalue weighted by Gasteiger charge is 2.11. The molecule has 0 spiro atoms. The first-order valence-corrected chi connectivity index (χ1v) is 6.78. The molecule has 0 aliphatic heterocycles. The van der Waals surface area contributed by atoms with Gasteiger partial charge in [-0.3, -0.25) is 9.35 Å². The van der Waals surface area contributed by atoms with Crippen LogP contribution in [0.4, 0.5) is 5.69 Å². The lowest BCUT2D eigenvalue weighted by Crippen LogP contribution is -2.12. The molecule has 0 aliphatic rings. The van der Waals surface area contributed by atoms with E-state index in [-0.39, 0.29) is 11.4 Å². The molecule has 0 atom stereocenters. The second kappa shape index (κ2) is 4.87. The smallest absolute Gasteiger partial charge is 0.322 e. The fourth-order valence-electron chi connectivity index (χ4n) is 1.74. The van der Waals surface area contributed by atoms with Crippen LogP contribution in [0.2, 0.25) is 0 Å². The predicted molar refractivity (Wildman–Crippen MR) is 69.9 cm³/mol. The summed E-state index contributed by atoms with van der Waals surface area (Å²) in [6, 6.07) is 9.26. The van der Waals surface area contributed by atoms with E-state index < -0.39 is 16.1 Å². The van der Waals surface area contributed by atoms with Crippen LogP contribution in [-0.2, 0) is 14.9 Å². The van der Waals surface area contributed by atoms with Gasteiger partial charge in [-0.25, -0.2) is 0 Å². The molecule has 0 radical (unpaired) electrons. The van der Waals surface area contributed by atoms with Crippen molar-refractivity contribution in [2.45, 2.75) is 4.90 Å². The van der Waals surface area contributed by atoms with Gasteiger partial charge in [-0.05, 0) is 23.6 Å². The molecule has 0 aliphatic carbocycles. The molecule has 0 aromatic heterocycles. The lowest BCUT2D eigenvalue weighted by atomic mass is 10.1. The summed E-state index contributed by atoms with van der Waals surface area (Å²) in [6.45, 7) is -0.283. The fraction of sp³-hybridized carbons (Fsp3) is 0.0833. The number of rotatable bonds is 4. The molecule has 0 fully saturated rings. The zero-order valence-electron chi connectivity index (χ0n) is 9.70.